The van der Waals surface area contributed by atoms with Crippen molar-refractivity contribution in [2.45, 2.75) is 39.3 Å². The van der Waals surface area contributed by atoms with Gasteiger partial charge in [-0.1, -0.05) is 26.0 Å². The van der Waals surface area contributed by atoms with E-state index in [0.717, 1.165) is 24.1 Å². The van der Waals surface area contributed by atoms with E-state index in [0.29, 0.717) is 24.7 Å². The summed E-state index contributed by atoms with van der Waals surface area (Å²) in [6.07, 6.45) is 0.786. The number of amides is 2. The third-order valence-electron chi connectivity index (χ3n) is 5.06. The predicted octanol–water partition coefficient (Wildman–Crippen LogP) is 3.76. The first-order valence-electron chi connectivity index (χ1n) is 10.2. The highest BCUT2D eigenvalue weighted by atomic mass is 19.1. The van der Waals surface area contributed by atoms with Crippen LogP contribution in [0.4, 0.5) is 8.78 Å². The van der Waals surface area contributed by atoms with Gasteiger partial charge in [-0.2, -0.15) is 0 Å². The van der Waals surface area contributed by atoms with Gasteiger partial charge in [0.2, 0.25) is 5.91 Å². The Balaban J connectivity index is 1.72. The lowest BCUT2D eigenvalue weighted by Crippen LogP contribution is -2.50. The molecule has 31 heavy (non-hydrogen) atoms. The molecule has 0 spiro atoms. The van der Waals surface area contributed by atoms with Crippen molar-refractivity contribution in [3.05, 3.63) is 59.2 Å². The number of fused-ring (bicyclic) bond motifs is 1. The number of ether oxygens (including phenoxy) is 2. The van der Waals surface area contributed by atoms with Crippen molar-refractivity contribution in [3.8, 4) is 11.5 Å². The molecule has 2 amide bonds. The SMILES string of the molecule is CC(NC(=O)C(NC(=O)c1c(F)cccc1F)C(C)C)c1ccc2c(c1)OCCCO2. The number of nitrogens with one attached hydrogen (secondary N) is 2. The van der Waals surface area contributed by atoms with Gasteiger partial charge in [0.15, 0.2) is 11.5 Å². The molecule has 0 fully saturated rings. The zero-order valence-corrected chi connectivity index (χ0v) is 17.7. The molecule has 0 saturated heterocycles. The van der Waals surface area contributed by atoms with E-state index >= 15 is 0 Å². The first kappa shape index (κ1) is 22.5. The van der Waals surface area contributed by atoms with Gasteiger partial charge in [-0.15, -0.1) is 0 Å². The maximum absolute atomic E-state index is 13.9. The number of carbonyl (C=O) groups is 2. The first-order chi connectivity index (χ1) is 14.8. The van der Waals surface area contributed by atoms with Crippen LogP contribution in [-0.2, 0) is 4.79 Å². The molecule has 2 aromatic carbocycles. The van der Waals surface area contributed by atoms with Gasteiger partial charge in [0.25, 0.3) is 5.91 Å². The van der Waals surface area contributed by atoms with Crippen molar-refractivity contribution < 1.29 is 27.8 Å². The second-order valence-corrected chi connectivity index (χ2v) is 7.78. The smallest absolute Gasteiger partial charge is 0.257 e. The van der Waals surface area contributed by atoms with Gasteiger partial charge in [-0.25, -0.2) is 8.78 Å². The maximum atomic E-state index is 13.9. The quantitative estimate of drug-likeness (QED) is 0.729. The summed E-state index contributed by atoms with van der Waals surface area (Å²) in [5.74, 6) is -2.46. The van der Waals surface area contributed by atoms with Gasteiger partial charge in [0.1, 0.15) is 23.2 Å². The molecule has 8 heteroatoms. The van der Waals surface area contributed by atoms with E-state index in [9.17, 15) is 18.4 Å². The van der Waals surface area contributed by atoms with Crippen LogP contribution in [0.3, 0.4) is 0 Å². The minimum absolute atomic E-state index is 0.310. The lowest BCUT2D eigenvalue weighted by molar-refractivity contribution is -0.124. The Morgan fingerprint density at radius 1 is 0.935 bits per heavy atom. The fourth-order valence-corrected chi connectivity index (χ4v) is 3.30. The summed E-state index contributed by atoms with van der Waals surface area (Å²) in [6, 6.07) is 7.22. The highest BCUT2D eigenvalue weighted by molar-refractivity contribution is 5.98. The molecule has 2 aromatic rings. The number of hydrogen-bond acceptors (Lipinski definition) is 4. The Morgan fingerprint density at radius 3 is 2.23 bits per heavy atom. The van der Waals surface area contributed by atoms with Crippen LogP contribution in [0.5, 0.6) is 11.5 Å². The van der Waals surface area contributed by atoms with Crippen LogP contribution < -0.4 is 20.1 Å². The minimum atomic E-state index is -0.985. The number of rotatable bonds is 6. The van der Waals surface area contributed by atoms with E-state index in [1.807, 2.05) is 12.1 Å². The molecule has 2 N–H and O–H groups in total. The molecule has 6 nitrogen and oxygen atoms in total. The van der Waals surface area contributed by atoms with Crippen LogP contribution in [-0.4, -0.2) is 31.1 Å². The summed E-state index contributed by atoms with van der Waals surface area (Å²) in [6.45, 7) is 6.40. The lowest BCUT2D eigenvalue weighted by Gasteiger charge is -2.24. The van der Waals surface area contributed by atoms with Crippen LogP contribution in [0.25, 0.3) is 0 Å². The fourth-order valence-electron chi connectivity index (χ4n) is 3.30. The summed E-state index contributed by atoms with van der Waals surface area (Å²) in [7, 11) is 0. The summed E-state index contributed by atoms with van der Waals surface area (Å²) < 4.78 is 39.2. The van der Waals surface area contributed by atoms with E-state index in [1.165, 1.54) is 6.07 Å². The molecule has 2 unspecified atom stereocenters. The van der Waals surface area contributed by atoms with Gasteiger partial charge in [-0.05, 0) is 42.7 Å². The molecule has 3 rings (SSSR count). The zero-order chi connectivity index (χ0) is 22.5. The zero-order valence-electron chi connectivity index (χ0n) is 17.7. The standard InChI is InChI=1S/C23H26F2N2O4/c1-13(2)21(27-22(28)20-16(24)6-4-7-17(20)25)23(29)26-14(3)15-8-9-18-19(12-15)31-11-5-10-30-18/h4,6-9,12-14,21H,5,10-11H2,1-3H3,(H,26,29)(H,27,28). The Kier molecular flexibility index (Phi) is 7.09. The number of carbonyl (C=O) groups excluding carboxylic acids is 2. The molecule has 0 bridgehead atoms. The fraction of sp³-hybridized carbons (Fsp3) is 0.391. The second kappa shape index (κ2) is 9.76. The average molecular weight is 432 g/mol. The third-order valence-corrected chi connectivity index (χ3v) is 5.06. The maximum Gasteiger partial charge on any atom is 0.257 e. The molecule has 2 atom stereocenters. The molecular weight excluding hydrogens is 406 g/mol. The van der Waals surface area contributed by atoms with Crippen molar-refractivity contribution in [2.24, 2.45) is 5.92 Å². The molecule has 0 saturated carbocycles. The van der Waals surface area contributed by atoms with E-state index in [4.69, 9.17) is 9.47 Å². The summed E-state index contributed by atoms with van der Waals surface area (Å²) in [5, 5.41) is 5.30. The van der Waals surface area contributed by atoms with Crippen LogP contribution in [0.2, 0.25) is 0 Å². The Hall–Kier alpha value is -3.16. The monoisotopic (exact) mass is 432 g/mol. The molecule has 166 valence electrons. The largest absolute Gasteiger partial charge is 0.490 e. The van der Waals surface area contributed by atoms with Crippen molar-refractivity contribution >= 4 is 11.8 Å². The molecule has 1 aliphatic rings. The summed E-state index contributed by atoms with van der Waals surface area (Å²) >= 11 is 0. The molecular formula is C23H26F2N2O4. The highest BCUT2D eigenvalue weighted by Crippen LogP contribution is 2.32. The van der Waals surface area contributed by atoms with Gasteiger partial charge >= 0.3 is 0 Å². The van der Waals surface area contributed by atoms with Crippen LogP contribution in [0.15, 0.2) is 36.4 Å². The Bertz CT molecular complexity index is 944. The van der Waals surface area contributed by atoms with E-state index in [1.54, 1.807) is 26.8 Å². The van der Waals surface area contributed by atoms with Crippen molar-refractivity contribution in [1.29, 1.82) is 0 Å². The second-order valence-electron chi connectivity index (χ2n) is 7.78. The number of benzene rings is 2. The average Bonchev–Trinajstić information content (AvgIpc) is 2.96. The van der Waals surface area contributed by atoms with Gasteiger partial charge in [0.05, 0.1) is 19.3 Å². The molecule has 1 heterocycles. The first-order valence-corrected chi connectivity index (χ1v) is 10.2. The van der Waals surface area contributed by atoms with E-state index in [-0.39, 0.29) is 5.92 Å². The predicted molar refractivity (Wildman–Crippen MR) is 111 cm³/mol. The van der Waals surface area contributed by atoms with Crippen LogP contribution >= 0.6 is 0 Å². The number of hydrogen-bond donors (Lipinski definition) is 2. The summed E-state index contributed by atoms with van der Waals surface area (Å²) in [4.78, 5) is 25.3. The van der Waals surface area contributed by atoms with Crippen LogP contribution in [0.1, 0.15) is 49.2 Å². The van der Waals surface area contributed by atoms with Crippen LogP contribution in [0, 0.1) is 17.6 Å². The molecule has 0 aromatic heterocycles. The molecule has 0 radical (unpaired) electrons. The van der Waals surface area contributed by atoms with Gasteiger partial charge in [0, 0.05) is 6.42 Å². The summed E-state index contributed by atoms with van der Waals surface area (Å²) in [5.41, 5.74) is 0.0866. The van der Waals surface area contributed by atoms with E-state index in [2.05, 4.69) is 10.6 Å². The third kappa shape index (κ3) is 5.31. The minimum Gasteiger partial charge on any atom is -0.490 e. The van der Waals surface area contributed by atoms with Crippen molar-refractivity contribution in [1.82, 2.24) is 10.6 Å². The van der Waals surface area contributed by atoms with Gasteiger partial charge < -0.3 is 20.1 Å². The normalized spacial score (nSPS) is 15.0. The Labute approximate surface area is 179 Å². The van der Waals surface area contributed by atoms with E-state index < -0.39 is 41.1 Å². The topological polar surface area (TPSA) is 76.7 Å². The Morgan fingerprint density at radius 2 is 1.58 bits per heavy atom. The molecule has 0 aliphatic carbocycles. The van der Waals surface area contributed by atoms with Gasteiger partial charge in [-0.3, -0.25) is 9.59 Å². The number of halogens is 2. The lowest BCUT2D eigenvalue weighted by atomic mass is 10.0. The van der Waals surface area contributed by atoms with Crippen molar-refractivity contribution in [3.63, 3.8) is 0 Å². The van der Waals surface area contributed by atoms with Crippen molar-refractivity contribution in [2.75, 3.05) is 13.2 Å². The highest BCUT2D eigenvalue weighted by Gasteiger charge is 2.28. The molecule has 1 aliphatic heterocycles.